The first-order valence-corrected chi connectivity index (χ1v) is 18.6. The van der Waals surface area contributed by atoms with Crippen LogP contribution in [0.25, 0.3) is 21.9 Å². The topological polar surface area (TPSA) is 287 Å². The first kappa shape index (κ1) is 48.7. The van der Waals surface area contributed by atoms with Crippen molar-refractivity contribution in [3.63, 3.8) is 0 Å². The molecule has 7 N–H and O–H groups in total. The summed E-state index contributed by atoms with van der Waals surface area (Å²) in [6, 6.07) is 24.2. The zero-order chi connectivity index (χ0) is 39.7. The Morgan fingerprint density at radius 1 is 0.586 bits per heavy atom. The third-order valence-electron chi connectivity index (χ3n) is 7.81. The molecule has 0 aliphatic rings. The molecule has 0 saturated carbocycles. The Bertz CT molecular complexity index is 2850. The molecule has 6 aromatic carbocycles. The Kier molecular flexibility index (Phi) is 16.9. The van der Waals surface area contributed by atoms with Crippen molar-refractivity contribution in [2.75, 3.05) is 5.73 Å². The summed E-state index contributed by atoms with van der Waals surface area (Å²) in [7, 11) is -9.57. The normalized spacial score (nSPS) is 11.7. The van der Waals surface area contributed by atoms with Gasteiger partial charge in [0.25, 0.3) is 20.2 Å². The number of benzene rings is 6. The molecule has 0 aliphatic carbocycles. The van der Waals surface area contributed by atoms with Gasteiger partial charge >= 0.3 is 5.97 Å². The average Bonchev–Trinajstić information content (AvgIpc) is 3.13. The molecular weight excluding hydrogens is 847 g/mol. The van der Waals surface area contributed by atoms with Crippen LogP contribution in [0.2, 0.25) is 5.02 Å². The number of carbonyl (C=O) groups is 1. The van der Waals surface area contributed by atoms with Gasteiger partial charge in [0.1, 0.15) is 33.3 Å². The van der Waals surface area contributed by atoms with Gasteiger partial charge in [-0.25, -0.2) is 4.79 Å². The van der Waals surface area contributed by atoms with E-state index in [1.54, 1.807) is 48.5 Å². The zero-order valence-electron chi connectivity index (χ0n) is 30.5. The van der Waals surface area contributed by atoms with Crippen LogP contribution in [0.3, 0.4) is 0 Å². The largest absolute Gasteiger partial charge is 0.507 e. The van der Waals surface area contributed by atoms with E-state index in [1.807, 2.05) is 0 Å². The number of hydrogen-bond donors (Lipinski definition) is 6. The first-order valence-electron chi connectivity index (χ1n) is 15.3. The van der Waals surface area contributed by atoms with Crippen molar-refractivity contribution in [1.29, 1.82) is 0 Å². The fourth-order valence-electron chi connectivity index (χ4n) is 5.08. The number of nitrogens with two attached hydrogens (primary N) is 1. The van der Waals surface area contributed by atoms with Crippen LogP contribution in [-0.2, 0) is 20.2 Å². The minimum Gasteiger partial charge on any atom is -0.507 e. The minimum absolute atomic E-state index is 0. The van der Waals surface area contributed by atoms with E-state index in [0.29, 0.717) is 5.69 Å². The van der Waals surface area contributed by atoms with Crippen LogP contribution >= 0.6 is 11.6 Å². The van der Waals surface area contributed by atoms with Crippen molar-refractivity contribution in [2.24, 2.45) is 30.7 Å². The number of nitrogen functional groups attached to an aromatic ring is 1. The van der Waals surface area contributed by atoms with Crippen molar-refractivity contribution in [1.82, 2.24) is 0 Å². The second-order valence-electron chi connectivity index (χ2n) is 11.4. The molecule has 23 heteroatoms. The number of hydrogen-bond acceptors (Lipinski definition) is 14. The molecule has 0 bridgehead atoms. The second kappa shape index (κ2) is 20.1. The Labute approximate surface area is 401 Å². The molecular formula is C35H24ClN7Na3O10S2. The molecule has 0 aliphatic heterocycles. The van der Waals surface area contributed by atoms with Gasteiger partial charge in [-0.1, -0.05) is 35.9 Å². The molecule has 0 fully saturated rings. The molecule has 17 nitrogen and oxygen atoms in total. The number of carboxylic acid groups (broad SMARTS) is 1. The maximum absolute atomic E-state index is 12.5. The fraction of sp³-hybridized carbons (Fsp3) is 0. The van der Waals surface area contributed by atoms with Gasteiger partial charge in [-0.2, -0.15) is 32.2 Å². The summed E-state index contributed by atoms with van der Waals surface area (Å²) in [5.74, 6) is -2.37. The monoisotopic (exact) mass is 870 g/mol. The standard InChI is InChI=1S/C35H24ClN7O10S2.3Na/c36-27-16-23(54(48,49)50)10-13-29(27)41-42-32-25-17-31(55(51,52)53)33(34(45)24(25)11-12-28(32)37)43-39-21-7-3-19(4-8-21)18-1-5-20(6-2-18)38-40-22-9-14-30(44)26(15-22)35(46)47;;;/h1-17,44-45H,37H2,(H,46,47)(H,48,49,50)(H,51,52,53);;;. The fourth-order valence-corrected chi connectivity index (χ4v) is 6.52. The summed E-state index contributed by atoms with van der Waals surface area (Å²) in [4.78, 5) is 9.94. The number of fused-ring (bicyclic) bond motifs is 1. The van der Waals surface area contributed by atoms with E-state index in [0.717, 1.165) is 35.4 Å². The SMILES string of the molecule is Nc1ccc2c(O)c(N=Nc3ccc(-c4ccc(N=Nc5ccc(O)c(C(=O)O)c5)cc4)cc3)c(S(=O)(=O)O)cc2c1N=Nc1ccc(S(=O)(=O)O)cc1Cl.[Na].[Na].[Na]. The summed E-state index contributed by atoms with van der Waals surface area (Å²) in [6.45, 7) is 0. The number of carboxylic acids is 1. The molecule has 0 amide bonds. The quantitative estimate of drug-likeness (QED) is 0.0328. The van der Waals surface area contributed by atoms with Crippen LogP contribution in [-0.4, -0.2) is 136 Å². The molecule has 58 heavy (non-hydrogen) atoms. The van der Waals surface area contributed by atoms with E-state index >= 15 is 0 Å². The van der Waals surface area contributed by atoms with E-state index < -0.39 is 47.4 Å². The third kappa shape index (κ3) is 11.3. The predicted octanol–water partition coefficient (Wildman–Crippen LogP) is 8.45. The summed E-state index contributed by atoms with van der Waals surface area (Å²) in [5, 5.41) is 53.9. The van der Waals surface area contributed by atoms with E-state index in [1.165, 1.54) is 30.3 Å². The van der Waals surface area contributed by atoms with E-state index in [-0.39, 0.29) is 144 Å². The van der Waals surface area contributed by atoms with Crippen molar-refractivity contribution >= 4 is 177 Å². The Morgan fingerprint density at radius 3 is 1.66 bits per heavy atom. The van der Waals surface area contributed by atoms with Gasteiger partial charge in [0.05, 0.1) is 32.7 Å². The smallest absolute Gasteiger partial charge is 0.339 e. The third-order valence-corrected chi connectivity index (χ3v) is 9.83. The zero-order valence-corrected chi connectivity index (χ0v) is 38.9. The van der Waals surface area contributed by atoms with E-state index in [2.05, 4.69) is 30.7 Å². The van der Waals surface area contributed by atoms with Gasteiger partial charge < -0.3 is 21.1 Å². The first-order chi connectivity index (χ1) is 26.0. The van der Waals surface area contributed by atoms with Gasteiger partial charge in [0.15, 0.2) is 5.75 Å². The van der Waals surface area contributed by atoms with Crippen LogP contribution in [0, 0.1) is 0 Å². The van der Waals surface area contributed by atoms with Crippen LogP contribution in [0.1, 0.15) is 10.4 Å². The molecule has 6 aromatic rings. The number of phenolic OH excluding ortho intramolecular Hbond substituents is 1. The maximum Gasteiger partial charge on any atom is 0.339 e. The Morgan fingerprint density at radius 2 is 1.12 bits per heavy atom. The molecule has 3 radical (unpaired) electrons. The van der Waals surface area contributed by atoms with Gasteiger partial charge in [-0.05, 0) is 90.0 Å². The summed E-state index contributed by atoms with van der Waals surface area (Å²) in [6.07, 6.45) is 0. The van der Waals surface area contributed by atoms with Gasteiger partial charge in [-0.15, -0.1) is 15.3 Å². The van der Waals surface area contributed by atoms with Crippen molar-refractivity contribution < 1.29 is 46.1 Å². The number of phenols is 2. The molecule has 0 spiro atoms. The van der Waals surface area contributed by atoms with Crippen LogP contribution < -0.4 is 5.73 Å². The Balaban J connectivity index is 0.00000300. The number of nitrogens with zero attached hydrogens (tertiary/aromatic N) is 6. The van der Waals surface area contributed by atoms with Crippen LogP contribution in [0.5, 0.6) is 11.5 Å². The van der Waals surface area contributed by atoms with Crippen LogP contribution in [0.4, 0.5) is 39.8 Å². The number of aromatic hydroxyl groups is 2. The molecule has 0 aromatic heterocycles. The van der Waals surface area contributed by atoms with E-state index in [9.17, 15) is 46.1 Å². The summed E-state index contributed by atoms with van der Waals surface area (Å²) in [5.41, 5.74) is 7.54. The van der Waals surface area contributed by atoms with E-state index in [4.69, 9.17) is 17.3 Å². The van der Waals surface area contributed by atoms with Crippen molar-refractivity contribution in [3.05, 3.63) is 114 Å². The van der Waals surface area contributed by atoms with Gasteiger partial charge in [0, 0.05) is 99.4 Å². The van der Waals surface area contributed by atoms with Gasteiger partial charge in [-0.3, -0.25) is 9.11 Å². The number of azo groups is 3. The van der Waals surface area contributed by atoms with Gasteiger partial charge in [0.2, 0.25) is 0 Å². The van der Waals surface area contributed by atoms with Crippen molar-refractivity contribution in [2.45, 2.75) is 9.79 Å². The second-order valence-corrected chi connectivity index (χ2v) is 14.7. The number of aromatic carboxylic acids is 1. The molecule has 281 valence electrons. The van der Waals surface area contributed by atoms with Crippen LogP contribution in [0.15, 0.2) is 144 Å². The Hall–Kier alpha value is -3.64. The molecule has 0 heterocycles. The number of halogens is 1. The summed E-state index contributed by atoms with van der Waals surface area (Å²) >= 11 is 6.10. The molecule has 0 saturated heterocycles. The number of anilines is 1. The maximum atomic E-state index is 12.5. The molecule has 0 unspecified atom stereocenters. The minimum atomic E-state index is -5.02. The molecule has 0 atom stereocenters. The molecule has 6 rings (SSSR count). The average molecular weight is 871 g/mol. The predicted molar refractivity (Wildman–Crippen MR) is 218 cm³/mol. The van der Waals surface area contributed by atoms with Crippen molar-refractivity contribution in [3.8, 4) is 22.6 Å². The number of rotatable bonds is 10. The summed E-state index contributed by atoms with van der Waals surface area (Å²) < 4.78 is 67.2.